The maximum Gasteiger partial charge on any atom is 0.217 e. The normalized spacial score (nSPS) is 11.9. The number of fused-ring (bicyclic) bond motifs is 1. The number of benzene rings is 1. The molecule has 1 aromatic carbocycles. The number of nitrogens with two attached hydrogens (primary N) is 1. The van der Waals surface area contributed by atoms with Gasteiger partial charge in [-0.15, -0.1) is 0 Å². The van der Waals surface area contributed by atoms with Crippen molar-refractivity contribution >= 4 is 16.8 Å². The maximum atomic E-state index is 10.9. The van der Waals surface area contributed by atoms with Crippen LogP contribution in [0.2, 0.25) is 0 Å². The highest BCUT2D eigenvalue weighted by molar-refractivity contribution is 5.85. The van der Waals surface area contributed by atoms with Crippen molar-refractivity contribution in [2.24, 2.45) is 5.73 Å². The minimum atomic E-state index is -0.248. The van der Waals surface area contributed by atoms with Gasteiger partial charge in [-0.05, 0) is 38.8 Å². The van der Waals surface area contributed by atoms with Crippen LogP contribution in [0.15, 0.2) is 30.5 Å². The number of para-hydroxylation sites is 1. The van der Waals surface area contributed by atoms with Crippen LogP contribution in [-0.2, 0) is 16.8 Å². The van der Waals surface area contributed by atoms with Gasteiger partial charge in [0.25, 0.3) is 0 Å². The zero-order chi connectivity index (χ0) is 13.3. The monoisotopic (exact) mass is 244 g/mol. The second-order valence-electron chi connectivity index (χ2n) is 5.68. The highest BCUT2D eigenvalue weighted by atomic mass is 16.1. The minimum absolute atomic E-state index is 0.0323. The van der Waals surface area contributed by atoms with Crippen molar-refractivity contribution in [2.45, 2.75) is 39.2 Å². The Balaban J connectivity index is 2.51. The lowest BCUT2D eigenvalue weighted by Gasteiger charge is -2.22. The molecule has 0 bridgehead atoms. The summed E-state index contributed by atoms with van der Waals surface area (Å²) in [7, 11) is 0. The van der Waals surface area contributed by atoms with Gasteiger partial charge in [-0.2, -0.15) is 0 Å². The van der Waals surface area contributed by atoms with E-state index in [-0.39, 0.29) is 11.4 Å². The van der Waals surface area contributed by atoms with E-state index < -0.39 is 0 Å². The molecule has 2 rings (SSSR count). The molecule has 18 heavy (non-hydrogen) atoms. The first kappa shape index (κ1) is 12.7. The van der Waals surface area contributed by atoms with E-state index in [0.717, 1.165) is 0 Å². The average molecular weight is 244 g/mol. The highest BCUT2D eigenvalue weighted by Crippen LogP contribution is 2.28. The van der Waals surface area contributed by atoms with Gasteiger partial charge < -0.3 is 10.3 Å². The molecule has 1 aromatic heterocycles. The smallest absolute Gasteiger partial charge is 0.217 e. The van der Waals surface area contributed by atoms with Crippen LogP contribution >= 0.6 is 0 Å². The van der Waals surface area contributed by atoms with Crippen LogP contribution in [-0.4, -0.2) is 10.5 Å². The topological polar surface area (TPSA) is 48.0 Å². The van der Waals surface area contributed by atoms with Crippen molar-refractivity contribution in [2.75, 3.05) is 0 Å². The van der Waals surface area contributed by atoms with Gasteiger partial charge in [-0.25, -0.2) is 0 Å². The number of carbonyl (C=O) groups excluding carboxylic acids is 1. The predicted octanol–water partition coefficient (Wildman–Crippen LogP) is 2.81. The summed E-state index contributed by atoms with van der Waals surface area (Å²) in [5.74, 6) is -0.248. The first-order valence-electron chi connectivity index (χ1n) is 6.27. The van der Waals surface area contributed by atoms with E-state index >= 15 is 0 Å². The minimum Gasteiger partial charge on any atom is -0.370 e. The first-order valence-corrected chi connectivity index (χ1v) is 6.27. The molecule has 0 atom stereocenters. The van der Waals surface area contributed by atoms with Crippen molar-refractivity contribution in [3.63, 3.8) is 0 Å². The molecule has 2 N–H and O–H groups in total. The Morgan fingerprint density at radius 1 is 1.28 bits per heavy atom. The zero-order valence-corrected chi connectivity index (χ0v) is 11.2. The fourth-order valence-electron chi connectivity index (χ4n) is 2.26. The van der Waals surface area contributed by atoms with Crippen LogP contribution in [0.25, 0.3) is 10.9 Å². The van der Waals surface area contributed by atoms with Gasteiger partial charge in [0, 0.05) is 29.1 Å². The summed E-state index contributed by atoms with van der Waals surface area (Å²) in [6.45, 7) is 6.53. The third-order valence-corrected chi connectivity index (χ3v) is 3.16. The number of primary amides is 1. The Kier molecular flexibility index (Phi) is 3.16. The molecule has 0 spiro atoms. The van der Waals surface area contributed by atoms with Crippen LogP contribution in [0.4, 0.5) is 0 Å². The quantitative estimate of drug-likeness (QED) is 0.886. The molecule has 0 saturated carbocycles. The molecule has 3 nitrogen and oxygen atoms in total. The number of carbonyl (C=O) groups is 1. The number of amides is 1. The van der Waals surface area contributed by atoms with E-state index in [1.165, 1.54) is 16.5 Å². The van der Waals surface area contributed by atoms with Crippen molar-refractivity contribution in [1.29, 1.82) is 0 Å². The second kappa shape index (κ2) is 4.48. The number of rotatable bonds is 3. The number of aryl methyl sites for hydroxylation is 1. The lowest BCUT2D eigenvalue weighted by Crippen LogP contribution is -2.20. The number of aromatic nitrogens is 1. The van der Waals surface area contributed by atoms with Gasteiger partial charge in [0.05, 0.1) is 0 Å². The molecular formula is C15H20N2O. The van der Waals surface area contributed by atoms with Gasteiger partial charge in [0.2, 0.25) is 5.91 Å². The molecular weight excluding hydrogens is 224 g/mol. The summed E-state index contributed by atoms with van der Waals surface area (Å²) in [5.41, 5.74) is 7.67. The Labute approximate surface area is 108 Å². The standard InChI is InChI=1S/C15H20N2O/c1-15(2,3)17-10-11(8-9-14(16)18)12-6-4-5-7-13(12)17/h4-7,10H,8-9H2,1-3H3,(H2,16,18). The fraction of sp³-hybridized carbons (Fsp3) is 0.400. The van der Waals surface area contributed by atoms with Crippen LogP contribution in [0.3, 0.4) is 0 Å². The Hall–Kier alpha value is -1.77. The summed E-state index contributed by atoms with van der Waals surface area (Å²) in [4.78, 5) is 10.9. The van der Waals surface area contributed by atoms with Crippen molar-refractivity contribution < 1.29 is 4.79 Å². The molecule has 1 amide bonds. The molecule has 0 fully saturated rings. The molecule has 0 aliphatic heterocycles. The number of hydrogen-bond acceptors (Lipinski definition) is 1. The molecule has 2 aromatic rings. The van der Waals surface area contributed by atoms with E-state index in [1.54, 1.807) is 0 Å². The summed E-state index contributed by atoms with van der Waals surface area (Å²) >= 11 is 0. The molecule has 96 valence electrons. The van der Waals surface area contributed by atoms with Gasteiger partial charge in [-0.3, -0.25) is 4.79 Å². The summed E-state index contributed by atoms with van der Waals surface area (Å²) in [5, 5.41) is 1.22. The maximum absolute atomic E-state index is 10.9. The van der Waals surface area contributed by atoms with E-state index in [2.05, 4.69) is 43.7 Å². The summed E-state index contributed by atoms with van der Waals surface area (Å²) in [6.07, 6.45) is 3.25. The molecule has 0 unspecified atom stereocenters. The second-order valence-corrected chi connectivity index (χ2v) is 5.68. The van der Waals surface area contributed by atoms with Gasteiger partial charge in [-0.1, -0.05) is 18.2 Å². The molecule has 0 radical (unpaired) electrons. The Morgan fingerprint density at radius 3 is 2.56 bits per heavy atom. The molecule has 0 aliphatic rings. The van der Waals surface area contributed by atoms with Crippen LogP contribution in [0, 0.1) is 0 Å². The van der Waals surface area contributed by atoms with Gasteiger partial charge in [0.15, 0.2) is 0 Å². The lowest BCUT2D eigenvalue weighted by atomic mass is 10.1. The lowest BCUT2D eigenvalue weighted by molar-refractivity contribution is -0.117. The Bertz CT molecular complexity index is 576. The van der Waals surface area contributed by atoms with Crippen molar-refractivity contribution in [3.05, 3.63) is 36.0 Å². The molecule has 0 aliphatic carbocycles. The summed E-state index contributed by atoms with van der Waals surface area (Å²) in [6, 6.07) is 8.30. The highest BCUT2D eigenvalue weighted by Gasteiger charge is 2.17. The third-order valence-electron chi connectivity index (χ3n) is 3.16. The predicted molar refractivity (Wildman–Crippen MR) is 74.4 cm³/mol. The Morgan fingerprint density at radius 2 is 1.94 bits per heavy atom. The largest absolute Gasteiger partial charge is 0.370 e. The van der Waals surface area contributed by atoms with Gasteiger partial charge >= 0.3 is 0 Å². The number of hydrogen-bond donors (Lipinski definition) is 1. The number of nitrogens with zero attached hydrogens (tertiary/aromatic N) is 1. The average Bonchev–Trinajstić information content (AvgIpc) is 2.65. The van der Waals surface area contributed by atoms with Crippen molar-refractivity contribution in [1.82, 2.24) is 4.57 Å². The summed E-state index contributed by atoms with van der Waals surface area (Å²) < 4.78 is 2.26. The third kappa shape index (κ3) is 2.40. The molecule has 1 heterocycles. The fourth-order valence-corrected chi connectivity index (χ4v) is 2.26. The SMILES string of the molecule is CC(C)(C)n1cc(CCC(N)=O)c2ccccc21. The van der Waals surface area contributed by atoms with Crippen LogP contribution in [0.1, 0.15) is 32.8 Å². The molecule has 0 saturated heterocycles. The van der Waals surface area contributed by atoms with E-state index in [9.17, 15) is 4.79 Å². The van der Waals surface area contributed by atoms with E-state index in [0.29, 0.717) is 12.8 Å². The van der Waals surface area contributed by atoms with Gasteiger partial charge in [0.1, 0.15) is 0 Å². The zero-order valence-electron chi connectivity index (χ0n) is 11.2. The van der Waals surface area contributed by atoms with Crippen LogP contribution < -0.4 is 5.73 Å². The van der Waals surface area contributed by atoms with Crippen LogP contribution in [0.5, 0.6) is 0 Å². The molecule has 3 heteroatoms. The van der Waals surface area contributed by atoms with E-state index in [4.69, 9.17) is 5.73 Å². The van der Waals surface area contributed by atoms with E-state index in [1.807, 2.05) is 12.1 Å². The van der Waals surface area contributed by atoms with Crippen molar-refractivity contribution in [3.8, 4) is 0 Å². The first-order chi connectivity index (χ1) is 8.39.